The molecule has 11 heavy (non-hydrogen) atoms. The molecule has 0 aliphatic carbocycles. The highest BCUT2D eigenvalue weighted by Crippen LogP contribution is 2.03. The first-order chi connectivity index (χ1) is 5.33. The highest BCUT2D eigenvalue weighted by Gasteiger charge is 1.95. The molecule has 0 saturated carbocycles. The summed E-state index contributed by atoms with van der Waals surface area (Å²) in [5, 5.41) is 19.0. The third-order valence-corrected chi connectivity index (χ3v) is 1.11. The second-order valence-corrected chi connectivity index (χ2v) is 1.97. The molecule has 0 aliphatic heterocycles. The third-order valence-electron chi connectivity index (χ3n) is 1.11. The minimum absolute atomic E-state index is 0.0479. The molecule has 0 unspecified atom stereocenters. The maximum atomic E-state index is 10.6. The van der Waals surface area contributed by atoms with Crippen LogP contribution in [-0.4, -0.2) is 18.3 Å². The molecule has 0 radical (unpaired) electrons. The Morgan fingerprint density at radius 1 is 1.64 bits per heavy atom. The van der Waals surface area contributed by atoms with Gasteiger partial charge >= 0.3 is 0 Å². The Morgan fingerprint density at radius 3 is 3.09 bits per heavy atom. The van der Waals surface area contributed by atoms with Gasteiger partial charge in [-0.3, -0.25) is 0 Å². The van der Waals surface area contributed by atoms with Crippen molar-refractivity contribution in [2.75, 3.05) is 13.2 Å². The van der Waals surface area contributed by atoms with Crippen LogP contribution in [0, 0.1) is 5.21 Å². The summed E-state index contributed by atoms with van der Waals surface area (Å²) in [6, 6.07) is 3.24. The summed E-state index contributed by atoms with van der Waals surface area (Å²) in [6.45, 7) is 0.164. The van der Waals surface area contributed by atoms with Gasteiger partial charge in [-0.05, 0) is 6.07 Å². The zero-order valence-electron chi connectivity index (χ0n) is 5.93. The molecule has 1 heterocycles. The zero-order valence-corrected chi connectivity index (χ0v) is 5.93. The summed E-state index contributed by atoms with van der Waals surface area (Å²) in [7, 11) is 0. The Hall–Kier alpha value is -1.29. The Bertz CT molecular complexity index is 227. The second-order valence-electron chi connectivity index (χ2n) is 1.97. The zero-order chi connectivity index (χ0) is 8.10. The number of aliphatic hydroxyl groups excluding tert-OH is 1. The molecule has 0 saturated heterocycles. The monoisotopic (exact) mass is 155 g/mol. The average molecular weight is 155 g/mol. The fourth-order valence-corrected chi connectivity index (χ4v) is 0.683. The van der Waals surface area contributed by atoms with Crippen molar-refractivity contribution in [2.45, 2.75) is 0 Å². The van der Waals surface area contributed by atoms with Crippen molar-refractivity contribution in [1.29, 1.82) is 0 Å². The van der Waals surface area contributed by atoms with Crippen LogP contribution in [0.1, 0.15) is 0 Å². The van der Waals surface area contributed by atoms with Crippen molar-refractivity contribution in [3.8, 4) is 5.75 Å². The number of nitrogens with zero attached hydrogens (tertiary/aromatic N) is 1. The fraction of sp³-hybridized carbons (Fsp3) is 0.286. The third kappa shape index (κ3) is 2.43. The van der Waals surface area contributed by atoms with E-state index in [1.54, 1.807) is 12.1 Å². The first-order valence-electron chi connectivity index (χ1n) is 3.25. The van der Waals surface area contributed by atoms with E-state index in [0.717, 1.165) is 0 Å². The van der Waals surface area contributed by atoms with Crippen LogP contribution in [0.5, 0.6) is 5.75 Å². The summed E-state index contributed by atoms with van der Waals surface area (Å²) in [4.78, 5) is 0. The minimum Gasteiger partial charge on any atom is -0.619 e. The van der Waals surface area contributed by atoms with Crippen molar-refractivity contribution in [1.82, 2.24) is 0 Å². The molecule has 1 N–H and O–H groups in total. The summed E-state index contributed by atoms with van der Waals surface area (Å²) < 4.78 is 5.61. The number of pyridine rings is 1. The quantitative estimate of drug-likeness (QED) is 0.481. The van der Waals surface area contributed by atoms with Crippen molar-refractivity contribution in [3.05, 3.63) is 29.7 Å². The predicted octanol–water partition coefficient (Wildman–Crippen LogP) is -0.309. The van der Waals surface area contributed by atoms with E-state index in [4.69, 9.17) is 9.84 Å². The lowest BCUT2D eigenvalue weighted by Crippen LogP contribution is -2.24. The molecular formula is C7H9NO3. The number of ether oxygens (including phenoxy) is 1. The van der Waals surface area contributed by atoms with Crippen LogP contribution >= 0.6 is 0 Å². The molecule has 4 heteroatoms. The Balaban J connectivity index is 2.56. The van der Waals surface area contributed by atoms with Gasteiger partial charge in [-0.2, -0.15) is 4.73 Å². The van der Waals surface area contributed by atoms with E-state index < -0.39 is 0 Å². The molecule has 0 fully saturated rings. The number of aliphatic hydroxyl groups is 1. The molecule has 0 amide bonds. The Morgan fingerprint density at radius 2 is 2.45 bits per heavy atom. The first-order valence-corrected chi connectivity index (χ1v) is 3.25. The number of hydrogen-bond acceptors (Lipinski definition) is 3. The van der Waals surface area contributed by atoms with E-state index in [1.165, 1.54) is 12.4 Å². The van der Waals surface area contributed by atoms with Gasteiger partial charge in [0.1, 0.15) is 6.61 Å². The molecule has 1 aromatic rings. The van der Waals surface area contributed by atoms with Crippen LogP contribution in [0.3, 0.4) is 0 Å². The van der Waals surface area contributed by atoms with E-state index >= 15 is 0 Å². The maximum Gasteiger partial charge on any atom is 0.222 e. The van der Waals surface area contributed by atoms with Crippen LogP contribution in [0.2, 0.25) is 0 Å². The van der Waals surface area contributed by atoms with Gasteiger partial charge in [0.25, 0.3) is 0 Å². The minimum atomic E-state index is -0.0479. The molecule has 1 rings (SSSR count). The van der Waals surface area contributed by atoms with E-state index in [0.29, 0.717) is 10.5 Å². The van der Waals surface area contributed by atoms with Gasteiger partial charge in [-0.25, -0.2) is 0 Å². The lowest BCUT2D eigenvalue weighted by atomic mass is 10.5. The summed E-state index contributed by atoms with van der Waals surface area (Å²) >= 11 is 0. The predicted molar refractivity (Wildman–Crippen MR) is 38.0 cm³/mol. The number of rotatable bonds is 3. The highest BCUT2D eigenvalue weighted by atomic mass is 16.5. The van der Waals surface area contributed by atoms with Crippen LogP contribution in [0.25, 0.3) is 0 Å². The van der Waals surface area contributed by atoms with Gasteiger partial charge in [0, 0.05) is 6.07 Å². The average Bonchev–Trinajstić information content (AvgIpc) is 2.01. The summed E-state index contributed by atoms with van der Waals surface area (Å²) in [6.07, 6.45) is 2.67. The molecule has 60 valence electrons. The van der Waals surface area contributed by atoms with Gasteiger partial charge in [0.2, 0.25) is 6.20 Å². The lowest BCUT2D eigenvalue weighted by molar-refractivity contribution is -0.605. The van der Waals surface area contributed by atoms with E-state index in [2.05, 4.69) is 0 Å². The highest BCUT2D eigenvalue weighted by molar-refractivity contribution is 5.12. The molecule has 4 nitrogen and oxygen atoms in total. The van der Waals surface area contributed by atoms with Gasteiger partial charge in [0.05, 0.1) is 6.61 Å². The summed E-state index contributed by atoms with van der Waals surface area (Å²) in [5.41, 5.74) is 0. The Labute approximate surface area is 64.2 Å². The fourth-order valence-electron chi connectivity index (χ4n) is 0.683. The standard InChI is InChI=1S/C7H9NO3/c9-4-5-11-7-2-1-3-8(10)6-7/h1-3,6,9H,4-5H2. The molecular weight excluding hydrogens is 146 g/mol. The molecule has 0 bridgehead atoms. The van der Waals surface area contributed by atoms with Crippen LogP contribution in [0.15, 0.2) is 24.5 Å². The number of hydrogen-bond donors (Lipinski definition) is 1. The van der Waals surface area contributed by atoms with Gasteiger partial charge in [-0.1, -0.05) is 0 Å². The van der Waals surface area contributed by atoms with Crippen molar-refractivity contribution in [2.24, 2.45) is 0 Å². The van der Waals surface area contributed by atoms with Gasteiger partial charge in [-0.15, -0.1) is 0 Å². The van der Waals surface area contributed by atoms with Crippen molar-refractivity contribution in [3.63, 3.8) is 0 Å². The van der Waals surface area contributed by atoms with Crippen LogP contribution in [-0.2, 0) is 0 Å². The van der Waals surface area contributed by atoms with Gasteiger partial charge < -0.3 is 15.1 Å². The first kappa shape index (κ1) is 7.81. The van der Waals surface area contributed by atoms with E-state index in [1.807, 2.05) is 0 Å². The Kier molecular flexibility index (Phi) is 2.68. The molecule has 0 atom stereocenters. The molecule has 0 spiro atoms. The SMILES string of the molecule is [O-][n+]1cccc(OCCO)c1. The lowest BCUT2D eigenvalue weighted by Gasteiger charge is -2.01. The van der Waals surface area contributed by atoms with E-state index in [-0.39, 0.29) is 13.2 Å². The molecule has 1 aromatic heterocycles. The topological polar surface area (TPSA) is 56.4 Å². The smallest absolute Gasteiger partial charge is 0.222 e. The van der Waals surface area contributed by atoms with E-state index in [9.17, 15) is 5.21 Å². The number of aromatic nitrogens is 1. The maximum absolute atomic E-state index is 10.6. The summed E-state index contributed by atoms with van der Waals surface area (Å²) in [5.74, 6) is 0.469. The van der Waals surface area contributed by atoms with Gasteiger partial charge in [0.15, 0.2) is 11.9 Å². The normalized spacial score (nSPS) is 9.55. The largest absolute Gasteiger partial charge is 0.619 e. The second kappa shape index (κ2) is 3.78. The molecule has 0 aliphatic rings. The molecule has 0 aromatic carbocycles. The van der Waals surface area contributed by atoms with Crippen LogP contribution in [0.4, 0.5) is 0 Å². The van der Waals surface area contributed by atoms with Crippen molar-refractivity contribution < 1.29 is 14.6 Å². The van der Waals surface area contributed by atoms with Crippen molar-refractivity contribution >= 4 is 0 Å². The van der Waals surface area contributed by atoms with Crippen LogP contribution < -0.4 is 9.47 Å².